The van der Waals surface area contributed by atoms with E-state index in [4.69, 9.17) is 6.42 Å². The van der Waals surface area contributed by atoms with Crippen LogP contribution in [0.5, 0.6) is 0 Å². The molecule has 0 aromatic carbocycles. The van der Waals surface area contributed by atoms with Crippen LogP contribution in [0.4, 0.5) is 0 Å². The highest BCUT2D eigenvalue weighted by molar-refractivity contribution is 6.38. The molecule has 13 nitrogen and oxygen atoms in total. The lowest BCUT2D eigenvalue weighted by Crippen LogP contribution is -2.62. The molecule has 4 N–H and O–H groups in total. The van der Waals surface area contributed by atoms with Gasteiger partial charge in [-0.05, 0) is 37.0 Å². The first-order valence-electron chi connectivity index (χ1n) is 16.8. The summed E-state index contributed by atoms with van der Waals surface area (Å²) in [6, 6.07) is -4.29. The van der Waals surface area contributed by atoms with E-state index in [2.05, 4.69) is 50.3 Å². The molecule has 1 aliphatic carbocycles. The molecule has 49 heavy (non-hydrogen) atoms. The van der Waals surface area contributed by atoms with Gasteiger partial charge in [0.15, 0.2) is 0 Å². The highest BCUT2D eigenvalue weighted by Gasteiger charge is 2.47. The SMILES string of the molecule is C#CCCC(NC(=O)[C@@H]1[C@@H](C=C)CCN1C(=O)[C@@H](NC(=O)[C@@H](NC(=O)c1cnccn1)C1CCCCC1)C(C)(C)C)C(=O)C(=O)NCC=C. The molecule has 13 heteroatoms. The molecular weight excluding hydrogens is 626 g/mol. The molecule has 2 heterocycles. The van der Waals surface area contributed by atoms with Gasteiger partial charge in [0, 0.05) is 37.8 Å². The molecule has 3 rings (SSSR count). The van der Waals surface area contributed by atoms with Gasteiger partial charge in [-0.1, -0.05) is 52.2 Å². The number of rotatable bonds is 15. The predicted molar refractivity (Wildman–Crippen MR) is 183 cm³/mol. The van der Waals surface area contributed by atoms with Gasteiger partial charge < -0.3 is 26.2 Å². The molecule has 2 aliphatic rings. The molecule has 1 aliphatic heterocycles. The highest BCUT2D eigenvalue weighted by atomic mass is 16.2. The second-order valence-corrected chi connectivity index (χ2v) is 13.6. The number of carbonyl (C=O) groups excluding carboxylic acids is 6. The van der Waals surface area contributed by atoms with E-state index in [1.54, 1.807) is 26.8 Å². The summed E-state index contributed by atoms with van der Waals surface area (Å²) < 4.78 is 0. The number of Topliss-reactive ketones (excluding diaryl/α,β-unsaturated/α-hetero) is 1. The van der Waals surface area contributed by atoms with Crippen molar-refractivity contribution in [1.29, 1.82) is 0 Å². The van der Waals surface area contributed by atoms with Crippen molar-refractivity contribution in [2.75, 3.05) is 13.1 Å². The van der Waals surface area contributed by atoms with Gasteiger partial charge in [-0.3, -0.25) is 33.8 Å². The first kappa shape index (κ1) is 38.6. The molecule has 0 radical (unpaired) electrons. The zero-order chi connectivity index (χ0) is 36.1. The summed E-state index contributed by atoms with van der Waals surface area (Å²) >= 11 is 0. The lowest BCUT2D eigenvalue weighted by atomic mass is 9.82. The summed E-state index contributed by atoms with van der Waals surface area (Å²) in [5.41, 5.74) is -0.737. The summed E-state index contributed by atoms with van der Waals surface area (Å²) in [6.07, 6.45) is 17.4. The number of carbonyl (C=O) groups is 6. The Morgan fingerprint density at radius 1 is 1.04 bits per heavy atom. The fourth-order valence-corrected chi connectivity index (χ4v) is 6.35. The van der Waals surface area contributed by atoms with Gasteiger partial charge in [0.1, 0.15) is 23.8 Å². The van der Waals surface area contributed by atoms with E-state index in [1.165, 1.54) is 29.6 Å². The molecule has 1 saturated heterocycles. The smallest absolute Gasteiger partial charge is 0.289 e. The lowest BCUT2D eigenvalue weighted by molar-refractivity contribution is -0.145. The number of hydrogen-bond donors (Lipinski definition) is 4. The number of aromatic nitrogens is 2. The van der Waals surface area contributed by atoms with Crippen LogP contribution >= 0.6 is 0 Å². The van der Waals surface area contributed by atoms with Gasteiger partial charge >= 0.3 is 0 Å². The van der Waals surface area contributed by atoms with Crippen molar-refractivity contribution in [2.24, 2.45) is 17.3 Å². The van der Waals surface area contributed by atoms with Gasteiger partial charge in [-0.25, -0.2) is 4.98 Å². The zero-order valence-corrected chi connectivity index (χ0v) is 28.7. The molecule has 5 atom stereocenters. The first-order chi connectivity index (χ1) is 23.3. The number of terminal acetylenes is 1. The zero-order valence-electron chi connectivity index (χ0n) is 28.7. The normalized spacial score (nSPS) is 19.7. The van der Waals surface area contributed by atoms with Crippen LogP contribution in [0.25, 0.3) is 0 Å². The Bertz CT molecular complexity index is 1430. The van der Waals surface area contributed by atoms with E-state index < -0.39 is 70.8 Å². The number of hydrogen-bond acceptors (Lipinski definition) is 8. The Morgan fingerprint density at radius 3 is 2.35 bits per heavy atom. The first-order valence-corrected chi connectivity index (χ1v) is 16.8. The second-order valence-electron chi connectivity index (χ2n) is 13.6. The van der Waals surface area contributed by atoms with E-state index in [-0.39, 0.29) is 37.5 Å². The number of ketones is 1. The summed E-state index contributed by atoms with van der Waals surface area (Å²) in [5.74, 6) is -2.14. The maximum atomic E-state index is 14.4. The molecule has 1 saturated carbocycles. The van der Waals surface area contributed by atoms with Crippen LogP contribution < -0.4 is 21.3 Å². The standard InChI is InChI=1S/C36H49N7O6/c1-7-10-16-25(29(44)34(48)39-18-8-2)40-33(47)28-23(9-3)17-21-43(28)35(49)30(36(4,5)6)42-32(46)27(24-14-12-11-13-15-24)41-31(45)26-22-37-19-20-38-26/h1,8-9,19-20,22-25,27-28,30H,2-3,10-18,21H2,4-6H3,(H,39,48)(H,40,47)(H,41,45)(H,42,46)/t23-,25?,27-,28-,30+/m0/s1. The lowest BCUT2D eigenvalue weighted by Gasteiger charge is -2.38. The summed E-state index contributed by atoms with van der Waals surface area (Å²) in [7, 11) is 0. The van der Waals surface area contributed by atoms with Crippen molar-refractivity contribution >= 4 is 35.3 Å². The second kappa shape index (κ2) is 18.1. The fraction of sp³-hybridized carbons (Fsp3) is 0.556. The van der Waals surface area contributed by atoms with Crippen molar-refractivity contribution in [2.45, 2.75) is 96.3 Å². The number of nitrogens with zero attached hydrogens (tertiary/aromatic N) is 3. The maximum Gasteiger partial charge on any atom is 0.289 e. The molecule has 0 bridgehead atoms. The van der Waals surface area contributed by atoms with Gasteiger partial charge in [-0.2, -0.15) is 0 Å². The molecule has 264 valence electrons. The Morgan fingerprint density at radius 2 is 1.76 bits per heavy atom. The molecule has 1 unspecified atom stereocenters. The quantitative estimate of drug-likeness (QED) is 0.124. The molecule has 0 spiro atoms. The van der Waals surface area contributed by atoms with Crippen LogP contribution in [0.3, 0.4) is 0 Å². The van der Waals surface area contributed by atoms with E-state index in [9.17, 15) is 28.8 Å². The van der Waals surface area contributed by atoms with E-state index in [0.29, 0.717) is 6.42 Å². The minimum atomic E-state index is -1.22. The summed E-state index contributed by atoms with van der Waals surface area (Å²) in [5, 5.41) is 10.8. The van der Waals surface area contributed by atoms with Crippen molar-refractivity contribution in [3.63, 3.8) is 0 Å². The fourth-order valence-electron chi connectivity index (χ4n) is 6.35. The number of amides is 5. The Labute approximate surface area is 288 Å². The van der Waals surface area contributed by atoms with Crippen LogP contribution in [-0.2, 0) is 24.0 Å². The van der Waals surface area contributed by atoms with Crippen molar-refractivity contribution in [1.82, 2.24) is 36.1 Å². The van der Waals surface area contributed by atoms with Crippen LogP contribution in [-0.4, -0.2) is 87.4 Å². The van der Waals surface area contributed by atoms with Crippen molar-refractivity contribution < 1.29 is 28.8 Å². The minimum Gasteiger partial charge on any atom is -0.346 e. The molecular formula is C36H49N7O6. The third kappa shape index (κ3) is 10.3. The third-order valence-corrected chi connectivity index (χ3v) is 9.03. The van der Waals surface area contributed by atoms with Crippen LogP contribution in [0.15, 0.2) is 43.9 Å². The van der Waals surface area contributed by atoms with Crippen molar-refractivity contribution in [3.05, 3.63) is 49.6 Å². The van der Waals surface area contributed by atoms with E-state index in [1.807, 2.05) is 0 Å². The average molecular weight is 676 g/mol. The largest absolute Gasteiger partial charge is 0.346 e. The molecule has 1 aromatic heterocycles. The average Bonchev–Trinajstić information content (AvgIpc) is 3.54. The van der Waals surface area contributed by atoms with E-state index >= 15 is 0 Å². The topological polar surface area (TPSA) is 180 Å². The Balaban J connectivity index is 1.87. The summed E-state index contributed by atoms with van der Waals surface area (Å²) in [6.45, 7) is 13.0. The predicted octanol–water partition coefficient (Wildman–Crippen LogP) is 1.86. The Hall–Kier alpha value is -4.86. The third-order valence-electron chi connectivity index (χ3n) is 9.03. The van der Waals surface area contributed by atoms with Gasteiger partial charge in [0.2, 0.25) is 23.5 Å². The molecule has 1 aromatic rings. The number of likely N-dealkylation sites (tertiary alicyclic amines) is 1. The van der Waals surface area contributed by atoms with Gasteiger partial charge in [0.25, 0.3) is 11.8 Å². The van der Waals surface area contributed by atoms with Crippen molar-refractivity contribution in [3.8, 4) is 12.3 Å². The van der Waals surface area contributed by atoms with Gasteiger partial charge in [0.05, 0.1) is 12.2 Å². The number of nitrogens with one attached hydrogen (secondary N) is 4. The Kier molecular flexibility index (Phi) is 14.2. The van der Waals surface area contributed by atoms with Crippen LogP contribution in [0.2, 0.25) is 0 Å². The summed E-state index contributed by atoms with van der Waals surface area (Å²) in [4.78, 5) is 90.3. The van der Waals surface area contributed by atoms with E-state index in [0.717, 1.165) is 32.1 Å². The van der Waals surface area contributed by atoms with Crippen LogP contribution in [0.1, 0.15) is 82.6 Å². The van der Waals surface area contributed by atoms with Crippen LogP contribution in [0, 0.1) is 29.6 Å². The monoisotopic (exact) mass is 675 g/mol. The van der Waals surface area contributed by atoms with Gasteiger partial charge in [-0.15, -0.1) is 25.5 Å². The highest BCUT2D eigenvalue weighted by Crippen LogP contribution is 2.31. The molecule has 2 fully saturated rings. The maximum absolute atomic E-state index is 14.4. The molecule has 5 amide bonds. The minimum absolute atomic E-state index is 0.0194.